The van der Waals surface area contributed by atoms with E-state index in [1.807, 2.05) is 0 Å². The van der Waals surface area contributed by atoms with Gasteiger partial charge in [-0.15, -0.1) is 0 Å². The molecule has 1 unspecified atom stereocenters. The summed E-state index contributed by atoms with van der Waals surface area (Å²) in [6, 6.07) is 0.551. The van der Waals surface area contributed by atoms with Crippen molar-refractivity contribution in [1.29, 1.82) is 0 Å². The van der Waals surface area contributed by atoms with Crippen LogP contribution in [0, 0.1) is 5.92 Å². The molecule has 110 valence electrons. The smallest absolute Gasteiger partial charge is 0.0463 e. The molecule has 0 amide bonds. The first-order chi connectivity index (χ1) is 9.10. The Bertz CT molecular complexity index is 311. The minimum atomic E-state index is 0.338. The number of likely N-dealkylation sites (N-methyl/N-ethyl adjacent to an activating group) is 2. The van der Waals surface area contributed by atoms with E-state index in [0.29, 0.717) is 11.6 Å². The molecule has 1 fully saturated rings. The van der Waals surface area contributed by atoms with Crippen LogP contribution < -0.4 is 5.32 Å². The van der Waals surface area contributed by atoms with Crippen molar-refractivity contribution in [1.82, 2.24) is 10.2 Å². The molecule has 0 aromatic rings. The molecule has 2 aliphatic rings. The Morgan fingerprint density at radius 3 is 2.42 bits per heavy atom. The van der Waals surface area contributed by atoms with Crippen LogP contribution in [-0.4, -0.2) is 37.6 Å². The van der Waals surface area contributed by atoms with Crippen molar-refractivity contribution >= 4 is 0 Å². The minimum absolute atomic E-state index is 0.338. The fourth-order valence-electron chi connectivity index (χ4n) is 4.18. The van der Waals surface area contributed by atoms with Crippen molar-refractivity contribution in [3.8, 4) is 0 Å². The molecule has 0 heterocycles. The van der Waals surface area contributed by atoms with Gasteiger partial charge < -0.3 is 10.2 Å². The second-order valence-electron chi connectivity index (χ2n) is 6.93. The fraction of sp³-hybridized carbons (Fsp3) is 0.882. The Balaban J connectivity index is 2.23. The van der Waals surface area contributed by atoms with E-state index in [-0.39, 0.29) is 0 Å². The fourth-order valence-corrected chi connectivity index (χ4v) is 4.18. The second kappa shape index (κ2) is 6.41. The van der Waals surface area contributed by atoms with Gasteiger partial charge in [0.15, 0.2) is 0 Å². The first-order valence-electron chi connectivity index (χ1n) is 8.14. The van der Waals surface area contributed by atoms with E-state index in [4.69, 9.17) is 0 Å². The Morgan fingerprint density at radius 1 is 1.26 bits per heavy atom. The van der Waals surface area contributed by atoms with Crippen molar-refractivity contribution in [2.45, 2.75) is 69.9 Å². The van der Waals surface area contributed by atoms with Gasteiger partial charge in [-0.2, -0.15) is 0 Å². The zero-order valence-electron chi connectivity index (χ0n) is 13.3. The van der Waals surface area contributed by atoms with Crippen LogP contribution in [-0.2, 0) is 0 Å². The zero-order valence-corrected chi connectivity index (χ0v) is 13.3. The van der Waals surface area contributed by atoms with E-state index >= 15 is 0 Å². The summed E-state index contributed by atoms with van der Waals surface area (Å²) in [6.45, 7) is 2.41. The Labute approximate surface area is 119 Å². The molecule has 2 aliphatic carbocycles. The molecule has 2 nitrogen and oxygen atoms in total. The highest BCUT2D eigenvalue weighted by atomic mass is 15.2. The van der Waals surface area contributed by atoms with Crippen molar-refractivity contribution in [2.24, 2.45) is 5.92 Å². The highest BCUT2D eigenvalue weighted by molar-refractivity contribution is 5.21. The van der Waals surface area contributed by atoms with Gasteiger partial charge >= 0.3 is 0 Å². The van der Waals surface area contributed by atoms with Crippen molar-refractivity contribution < 1.29 is 0 Å². The zero-order chi connectivity index (χ0) is 13.9. The normalized spacial score (nSPS) is 34.2. The third-order valence-electron chi connectivity index (χ3n) is 5.55. The maximum absolute atomic E-state index is 3.67. The molecule has 1 saturated carbocycles. The summed E-state index contributed by atoms with van der Waals surface area (Å²) in [5.41, 5.74) is 2.02. The van der Waals surface area contributed by atoms with E-state index in [2.05, 4.69) is 44.4 Å². The molecular weight excluding hydrogens is 232 g/mol. The van der Waals surface area contributed by atoms with Gasteiger partial charge in [-0.3, -0.25) is 0 Å². The monoisotopic (exact) mass is 264 g/mol. The molecule has 1 atom stereocenters. The van der Waals surface area contributed by atoms with Crippen LogP contribution in [0.1, 0.15) is 58.3 Å². The van der Waals surface area contributed by atoms with Crippen LogP contribution in [0.15, 0.2) is 11.6 Å². The maximum atomic E-state index is 3.67. The average molecular weight is 264 g/mol. The largest absolute Gasteiger partial charge is 0.312 e. The van der Waals surface area contributed by atoms with Gasteiger partial charge in [0.25, 0.3) is 0 Å². The molecule has 0 aromatic carbocycles. The molecule has 0 spiro atoms. The Hall–Kier alpha value is -0.340. The van der Waals surface area contributed by atoms with E-state index in [1.165, 1.54) is 51.4 Å². The summed E-state index contributed by atoms with van der Waals surface area (Å²) in [5.74, 6) is 0.908. The highest BCUT2D eigenvalue weighted by Crippen LogP contribution is 2.41. The lowest BCUT2D eigenvalue weighted by molar-refractivity contribution is 0.0562. The summed E-state index contributed by atoms with van der Waals surface area (Å²) in [6.07, 6.45) is 13.3. The van der Waals surface area contributed by atoms with E-state index in [0.717, 1.165) is 5.92 Å². The lowest BCUT2D eigenvalue weighted by atomic mass is 9.69. The molecule has 0 aromatic heterocycles. The van der Waals surface area contributed by atoms with Crippen LogP contribution in [0.25, 0.3) is 0 Å². The Morgan fingerprint density at radius 2 is 1.95 bits per heavy atom. The molecule has 2 rings (SSSR count). The summed E-state index contributed by atoms with van der Waals surface area (Å²) in [4.78, 5) is 2.51. The van der Waals surface area contributed by atoms with Gasteiger partial charge in [0.2, 0.25) is 0 Å². The number of nitrogens with zero attached hydrogens (tertiary/aromatic N) is 1. The van der Waals surface area contributed by atoms with Crippen LogP contribution in [0.5, 0.6) is 0 Å². The van der Waals surface area contributed by atoms with Crippen molar-refractivity contribution in [3.05, 3.63) is 11.6 Å². The van der Waals surface area contributed by atoms with Crippen molar-refractivity contribution in [2.75, 3.05) is 21.1 Å². The first kappa shape index (κ1) is 15.1. The third kappa shape index (κ3) is 3.05. The van der Waals surface area contributed by atoms with Crippen LogP contribution in [0.3, 0.4) is 0 Å². The molecule has 19 heavy (non-hydrogen) atoms. The minimum Gasteiger partial charge on any atom is -0.312 e. The topological polar surface area (TPSA) is 15.3 Å². The second-order valence-corrected chi connectivity index (χ2v) is 6.93. The average Bonchev–Trinajstić information content (AvgIpc) is 2.43. The van der Waals surface area contributed by atoms with Gasteiger partial charge in [0.05, 0.1) is 0 Å². The molecular formula is C17H32N2. The molecule has 0 bridgehead atoms. The van der Waals surface area contributed by atoms with E-state index in [1.54, 1.807) is 5.57 Å². The number of allylic oxidation sites excluding steroid dienone is 1. The lowest BCUT2D eigenvalue weighted by Gasteiger charge is -2.50. The van der Waals surface area contributed by atoms with Gasteiger partial charge in [-0.1, -0.05) is 18.6 Å². The van der Waals surface area contributed by atoms with E-state index < -0.39 is 0 Å². The summed E-state index contributed by atoms with van der Waals surface area (Å²) in [7, 11) is 6.72. The lowest BCUT2D eigenvalue weighted by Crippen LogP contribution is -2.60. The summed E-state index contributed by atoms with van der Waals surface area (Å²) in [5, 5.41) is 3.67. The number of rotatable bonds is 4. The van der Waals surface area contributed by atoms with Crippen LogP contribution in [0.2, 0.25) is 0 Å². The van der Waals surface area contributed by atoms with Gasteiger partial charge in [0, 0.05) is 11.6 Å². The third-order valence-corrected chi connectivity index (χ3v) is 5.55. The molecule has 0 radical (unpaired) electrons. The number of nitrogens with one attached hydrogen (secondary N) is 1. The van der Waals surface area contributed by atoms with Crippen molar-refractivity contribution in [3.63, 3.8) is 0 Å². The quantitative estimate of drug-likeness (QED) is 0.781. The maximum Gasteiger partial charge on any atom is 0.0463 e. The predicted octanol–water partition coefficient (Wildman–Crippen LogP) is 3.59. The SMILES string of the molecule is CNC(C1=CCCCC1)C1(N(C)C)CCC(C)CC1. The van der Waals surface area contributed by atoms with E-state index in [9.17, 15) is 0 Å². The molecule has 1 N–H and O–H groups in total. The first-order valence-corrected chi connectivity index (χ1v) is 8.14. The summed E-state index contributed by atoms with van der Waals surface area (Å²) >= 11 is 0. The summed E-state index contributed by atoms with van der Waals surface area (Å²) < 4.78 is 0. The Kier molecular flexibility index (Phi) is 5.08. The van der Waals surface area contributed by atoms with Crippen LogP contribution in [0.4, 0.5) is 0 Å². The number of hydrogen-bond donors (Lipinski definition) is 1. The molecule has 0 aliphatic heterocycles. The van der Waals surface area contributed by atoms with Crippen LogP contribution >= 0.6 is 0 Å². The molecule has 0 saturated heterocycles. The highest BCUT2D eigenvalue weighted by Gasteiger charge is 2.43. The van der Waals surface area contributed by atoms with Gasteiger partial charge in [-0.25, -0.2) is 0 Å². The van der Waals surface area contributed by atoms with Gasteiger partial charge in [-0.05, 0) is 78.4 Å². The molecule has 2 heteroatoms. The predicted molar refractivity (Wildman–Crippen MR) is 83.4 cm³/mol. The van der Waals surface area contributed by atoms with Gasteiger partial charge in [0.1, 0.15) is 0 Å². The standard InChI is InChI=1S/C17H32N2/c1-14-10-12-17(13-11-14,19(3)4)16(18-2)15-8-6-5-7-9-15/h8,14,16,18H,5-7,9-13H2,1-4H3. The number of hydrogen-bond acceptors (Lipinski definition) is 2.